The van der Waals surface area contributed by atoms with Gasteiger partial charge in [0.1, 0.15) is 11.7 Å². The van der Waals surface area contributed by atoms with Crippen LogP contribution in [-0.2, 0) is 4.74 Å². The first kappa shape index (κ1) is 29.9. The molecular weight excluding hydrogens is 564 g/mol. The van der Waals surface area contributed by atoms with Crippen molar-refractivity contribution in [3.05, 3.63) is 65.6 Å². The van der Waals surface area contributed by atoms with E-state index in [-0.39, 0.29) is 24.1 Å². The summed E-state index contributed by atoms with van der Waals surface area (Å²) in [5.41, 5.74) is 0.362. The quantitative estimate of drug-likeness (QED) is 0.241. The summed E-state index contributed by atoms with van der Waals surface area (Å²) in [7, 11) is -0.00169. The summed E-state index contributed by atoms with van der Waals surface area (Å²) in [5, 5.41) is 41.0. The maximum Gasteiger partial charge on any atom is 0.248 e. The third-order valence-electron chi connectivity index (χ3n) is 8.46. The van der Waals surface area contributed by atoms with Crippen molar-refractivity contribution in [2.75, 3.05) is 19.5 Å². The number of ether oxygens (including phenoxy) is 1. The Balaban J connectivity index is 1.51. The lowest BCUT2D eigenvalue weighted by molar-refractivity contribution is -0.105. The summed E-state index contributed by atoms with van der Waals surface area (Å²) in [6.45, 7) is 1.41. The normalized spacial score (nSPS) is 29.2. The smallest absolute Gasteiger partial charge is 0.248 e. The molecule has 6 atom stereocenters. The molecule has 2 aromatic heterocycles. The van der Waals surface area contributed by atoms with E-state index in [4.69, 9.17) is 4.74 Å². The number of pyridine rings is 1. The minimum Gasteiger partial charge on any atom is -0.395 e. The van der Waals surface area contributed by atoms with E-state index < -0.39 is 82.3 Å². The molecule has 0 radical (unpaired) electrons. The van der Waals surface area contributed by atoms with Crippen molar-refractivity contribution in [2.24, 2.45) is 0 Å². The topological polar surface area (TPSA) is 114 Å². The molecule has 3 N–H and O–H groups in total. The van der Waals surface area contributed by atoms with E-state index in [1.54, 1.807) is 12.3 Å². The predicted molar refractivity (Wildman–Crippen MR) is 146 cm³/mol. The molecule has 3 heterocycles. The molecule has 41 heavy (non-hydrogen) atoms. The zero-order valence-electron chi connectivity index (χ0n) is 22.7. The number of aliphatic hydroxyl groups is 3. The Hall–Kier alpha value is -2.58. The second-order valence-corrected chi connectivity index (χ2v) is 13.6. The SMILES string of the molecule is CO[C@H]1C[SH](C(c2ncccc2C)C2(O)CCC(F)(F)CC2)[C@H](CO)[C@H](O)[C@@H]1n1cc(-c2ccc(F)c(F)c2)nn1. The largest absolute Gasteiger partial charge is 0.395 e. The van der Waals surface area contributed by atoms with Gasteiger partial charge in [0.05, 0.1) is 41.6 Å². The molecule has 0 spiro atoms. The van der Waals surface area contributed by atoms with Gasteiger partial charge in [-0.3, -0.25) is 4.98 Å². The van der Waals surface area contributed by atoms with Gasteiger partial charge in [0.2, 0.25) is 5.92 Å². The van der Waals surface area contributed by atoms with E-state index >= 15 is 0 Å². The summed E-state index contributed by atoms with van der Waals surface area (Å²) in [4.78, 5) is 4.56. The summed E-state index contributed by atoms with van der Waals surface area (Å²) >= 11 is 0. The summed E-state index contributed by atoms with van der Waals surface area (Å²) in [5.74, 6) is -4.60. The van der Waals surface area contributed by atoms with Crippen molar-refractivity contribution >= 4 is 10.9 Å². The van der Waals surface area contributed by atoms with Gasteiger partial charge < -0.3 is 20.1 Å². The van der Waals surface area contributed by atoms with Crippen LogP contribution in [0.2, 0.25) is 0 Å². The fraction of sp³-hybridized carbons (Fsp3) is 0.536. The molecule has 1 saturated heterocycles. The van der Waals surface area contributed by atoms with Gasteiger partial charge in [-0.1, -0.05) is 11.3 Å². The number of methoxy groups -OCH3 is 1. The second kappa shape index (κ2) is 11.6. The Labute approximate surface area is 237 Å². The lowest BCUT2D eigenvalue weighted by atomic mass is 9.79. The number of alkyl halides is 2. The Kier molecular flexibility index (Phi) is 8.46. The fourth-order valence-electron chi connectivity index (χ4n) is 6.18. The van der Waals surface area contributed by atoms with Crippen molar-refractivity contribution in [1.29, 1.82) is 0 Å². The van der Waals surface area contributed by atoms with Crippen LogP contribution < -0.4 is 0 Å². The standard InChI is InChI=1S/C28H34F4N4O4S/c1-16-4-3-11-33-23(16)26(27(39)7-9-28(31,32)10-8-27)41-15-21(40-2)24(25(38)22(41)14-37)36-13-20(34-35-36)17-5-6-18(29)19(30)12-17/h3-6,11-13,21-22,24-26,37-39,41H,7-10,14-15H2,1-2H3/t21-,22+,24+,25-,26?/m0/s1. The van der Waals surface area contributed by atoms with E-state index in [1.165, 1.54) is 24.1 Å². The van der Waals surface area contributed by atoms with Crippen LogP contribution in [0.4, 0.5) is 17.6 Å². The van der Waals surface area contributed by atoms with Gasteiger partial charge in [-0.25, -0.2) is 33.1 Å². The molecule has 1 aliphatic heterocycles. The fourth-order valence-corrected chi connectivity index (χ4v) is 10.1. The summed E-state index contributed by atoms with van der Waals surface area (Å²) in [6, 6.07) is 6.13. The zero-order valence-corrected chi connectivity index (χ0v) is 23.6. The highest BCUT2D eigenvalue weighted by Crippen LogP contribution is 2.61. The average Bonchev–Trinajstić information content (AvgIpc) is 3.43. The highest BCUT2D eigenvalue weighted by molar-refractivity contribution is 8.18. The Morgan fingerprint density at radius 1 is 1.15 bits per heavy atom. The van der Waals surface area contributed by atoms with Crippen LogP contribution in [0.15, 0.2) is 42.7 Å². The molecule has 2 aliphatic rings. The first-order chi connectivity index (χ1) is 19.5. The summed E-state index contributed by atoms with van der Waals surface area (Å²) in [6.07, 6.45) is -0.0158. The van der Waals surface area contributed by atoms with Crippen LogP contribution in [0.1, 0.15) is 48.2 Å². The van der Waals surface area contributed by atoms with Crippen molar-refractivity contribution < 1.29 is 37.6 Å². The van der Waals surface area contributed by atoms with Gasteiger partial charge in [-0.15, -0.1) is 5.10 Å². The number of rotatable bonds is 7. The number of thiol groups is 1. The molecule has 0 amide bonds. The van der Waals surface area contributed by atoms with Crippen LogP contribution in [0.3, 0.4) is 0 Å². The Morgan fingerprint density at radius 3 is 2.51 bits per heavy atom. The molecular formula is C28H34F4N4O4S. The number of aromatic nitrogens is 4. The van der Waals surface area contributed by atoms with Crippen LogP contribution in [0.25, 0.3) is 11.3 Å². The van der Waals surface area contributed by atoms with E-state index in [0.29, 0.717) is 11.4 Å². The molecule has 3 aromatic rings. The zero-order chi connectivity index (χ0) is 29.5. The first-order valence-corrected chi connectivity index (χ1v) is 15.1. The predicted octanol–water partition coefficient (Wildman–Crippen LogP) is 3.90. The Bertz CT molecular complexity index is 1370. The summed E-state index contributed by atoms with van der Waals surface area (Å²) < 4.78 is 62.9. The number of aliphatic hydroxyl groups excluding tert-OH is 2. The van der Waals surface area contributed by atoms with Crippen LogP contribution in [0, 0.1) is 18.6 Å². The van der Waals surface area contributed by atoms with Gasteiger partial charge in [0.25, 0.3) is 0 Å². The van der Waals surface area contributed by atoms with Gasteiger partial charge in [-0.2, -0.15) is 0 Å². The van der Waals surface area contributed by atoms with Crippen molar-refractivity contribution in [3.8, 4) is 11.3 Å². The molecule has 1 aromatic carbocycles. The third-order valence-corrected chi connectivity index (χ3v) is 12.0. The number of benzene rings is 1. The van der Waals surface area contributed by atoms with Crippen LogP contribution in [0.5, 0.6) is 0 Å². The van der Waals surface area contributed by atoms with E-state index in [0.717, 1.165) is 17.7 Å². The highest BCUT2D eigenvalue weighted by Gasteiger charge is 2.54. The lowest BCUT2D eigenvalue weighted by Crippen LogP contribution is -2.54. The number of halogens is 4. The van der Waals surface area contributed by atoms with Crippen molar-refractivity contribution in [3.63, 3.8) is 0 Å². The molecule has 224 valence electrons. The number of hydrogen-bond donors (Lipinski definition) is 4. The number of hydrogen-bond acceptors (Lipinski definition) is 7. The minimum absolute atomic E-state index is 0.143. The molecule has 1 aliphatic carbocycles. The number of nitrogens with zero attached hydrogens (tertiary/aromatic N) is 4. The van der Waals surface area contributed by atoms with Crippen molar-refractivity contribution in [1.82, 2.24) is 20.0 Å². The molecule has 5 rings (SSSR count). The third kappa shape index (κ3) is 5.74. The molecule has 8 nitrogen and oxygen atoms in total. The van der Waals surface area contributed by atoms with Gasteiger partial charge in [-0.05, 0) is 49.6 Å². The maximum atomic E-state index is 14.2. The second-order valence-electron chi connectivity index (χ2n) is 11.0. The average molecular weight is 599 g/mol. The minimum atomic E-state index is -2.87. The lowest BCUT2D eigenvalue weighted by Gasteiger charge is -2.53. The van der Waals surface area contributed by atoms with Gasteiger partial charge in [0.15, 0.2) is 11.6 Å². The van der Waals surface area contributed by atoms with E-state index in [2.05, 4.69) is 15.3 Å². The first-order valence-electron chi connectivity index (χ1n) is 13.4. The van der Waals surface area contributed by atoms with Gasteiger partial charge >= 0.3 is 0 Å². The monoisotopic (exact) mass is 598 g/mol. The van der Waals surface area contributed by atoms with Crippen molar-refractivity contribution in [2.45, 2.75) is 72.9 Å². The number of aryl methyl sites for hydroxylation is 1. The van der Waals surface area contributed by atoms with Crippen LogP contribution >= 0.6 is 10.9 Å². The van der Waals surface area contributed by atoms with Gasteiger partial charge in [0, 0.05) is 42.7 Å². The molecule has 13 heteroatoms. The Morgan fingerprint density at radius 2 is 1.88 bits per heavy atom. The van der Waals surface area contributed by atoms with E-state index in [1.807, 2.05) is 13.0 Å². The molecule has 1 saturated carbocycles. The molecule has 2 fully saturated rings. The van der Waals surface area contributed by atoms with Crippen LogP contribution in [-0.4, -0.2) is 83.7 Å². The molecule has 2 unspecified atom stereocenters. The maximum absolute atomic E-state index is 14.2. The molecule has 0 bridgehead atoms. The van der Waals surface area contributed by atoms with E-state index in [9.17, 15) is 32.9 Å². The highest BCUT2D eigenvalue weighted by atomic mass is 32.2.